The van der Waals surface area contributed by atoms with Crippen LogP contribution in [0.5, 0.6) is 0 Å². The topological polar surface area (TPSA) is 55.1 Å². The van der Waals surface area contributed by atoms with Crippen LogP contribution >= 0.6 is 11.6 Å². The SMILES string of the molecule is Cc1cc(C)c2nc(-c3ccc(Cl)cc3)cc(C(=O)NCc3ccco3)c2c1. The summed E-state index contributed by atoms with van der Waals surface area (Å²) in [7, 11) is 0. The molecule has 0 atom stereocenters. The van der Waals surface area contributed by atoms with Crippen LogP contribution < -0.4 is 5.32 Å². The molecular weight excluding hydrogens is 372 g/mol. The summed E-state index contributed by atoms with van der Waals surface area (Å²) >= 11 is 6.02. The molecule has 2 aromatic heterocycles. The Labute approximate surface area is 168 Å². The van der Waals surface area contributed by atoms with Crippen molar-refractivity contribution in [1.29, 1.82) is 0 Å². The number of benzene rings is 2. The van der Waals surface area contributed by atoms with Crippen molar-refractivity contribution in [2.75, 3.05) is 0 Å². The highest BCUT2D eigenvalue weighted by molar-refractivity contribution is 6.30. The van der Waals surface area contributed by atoms with Crippen molar-refractivity contribution in [1.82, 2.24) is 10.3 Å². The zero-order valence-electron chi connectivity index (χ0n) is 15.6. The molecule has 4 nitrogen and oxygen atoms in total. The van der Waals surface area contributed by atoms with Gasteiger partial charge in [0.1, 0.15) is 5.76 Å². The van der Waals surface area contributed by atoms with E-state index in [1.54, 1.807) is 12.3 Å². The Bertz CT molecular complexity index is 1150. The van der Waals surface area contributed by atoms with E-state index < -0.39 is 0 Å². The summed E-state index contributed by atoms with van der Waals surface area (Å²) in [6, 6.07) is 17.0. The van der Waals surface area contributed by atoms with E-state index in [4.69, 9.17) is 21.0 Å². The molecule has 0 radical (unpaired) electrons. The molecule has 0 unspecified atom stereocenters. The monoisotopic (exact) mass is 390 g/mol. The van der Waals surface area contributed by atoms with Crippen molar-refractivity contribution >= 4 is 28.4 Å². The maximum absolute atomic E-state index is 13.0. The van der Waals surface area contributed by atoms with Crippen LogP contribution in [-0.4, -0.2) is 10.9 Å². The van der Waals surface area contributed by atoms with Gasteiger partial charge in [-0.15, -0.1) is 0 Å². The largest absolute Gasteiger partial charge is 0.467 e. The Kier molecular flexibility index (Phi) is 4.88. The standard InChI is InChI=1S/C23H19ClN2O2/c1-14-10-15(2)22-19(11-14)20(23(27)25-13-18-4-3-9-28-18)12-21(26-22)16-5-7-17(24)8-6-16/h3-12H,13H2,1-2H3,(H,25,27). The molecule has 4 rings (SSSR count). The summed E-state index contributed by atoms with van der Waals surface area (Å²) in [5, 5.41) is 4.44. The van der Waals surface area contributed by atoms with Gasteiger partial charge < -0.3 is 9.73 Å². The second-order valence-corrected chi connectivity index (χ2v) is 7.24. The van der Waals surface area contributed by atoms with Crippen molar-refractivity contribution in [2.24, 2.45) is 0 Å². The van der Waals surface area contributed by atoms with Gasteiger partial charge in [0, 0.05) is 16.0 Å². The molecule has 4 aromatic rings. The van der Waals surface area contributed by atoms with E-state index >= 15 is 0 Å². The van der Waals surface area contributed by atoms with E-state index in [0.717, 1.165) is 33.3 Å². The Morgan fingerprint density at radius 3 is 2.61 bits per heavy atom. The molecular formula is C23H19ClN2O2. The van der Waals surface area contributed by atoms with Crippen LogP contribution in [0.15, 0.2) is 65.3 Å². The van der Waals surface area contributed by atoms with Crippen molar-refractivity contribution in [3.8, 4) is 11.3 Å². The number of nitrogens with one attached hydrogen (secondary N) is 1. The minimum Gasteiger partial charge on any atom is -0.467 e. The first-order chi connectivity index (χ1) is 13.5. The minimum absolute atomic E-state index is 0.163. The lowest BCUT2D eigenvalue weighted by Gasteiger charge is -2.13. The highest BCUT2D eigenvalue weighted by Gasteiger charge is 2.16. The Morgan fingerprint density at radius 1 is 1.11 bits per heavy atom. The summed E-state index contributed by atoms with van der Waals surface area (Å²) < 4.78 is 5.31. The van der Waals surface area contributed by atoms with Crippen LogP contribution in [0.1, 0.15) is 27.2 Å². The lowest BCUT2D eigenvalue weighted by molar-refractivity contribution is 0.0949. The molecule has 0 aliphatic heterocycles. The average Bonchev–Trinajstić information content (AvgIpc) is 3.20. The smallest absolute Gasteiger partial charge is 0.252 e. The number of fused-ring (bicyclic) bond motifs is 1. The Hall–Kier alpha value is -3.11. The summed E-state index contributed by atoms with van der Waals surface area (Å²) in [4.78, 5) is 17.8. The molecule has 1 N–H and O–H groups in total. The van der Waals surface area contributed by atoms with Crippen LogP contribution in [0.25, 0.3) is 22.2 Å². The maximum Gasteiger partial charge on any atom is 0.252 e. The number of hydrogen-bond donors (Lipinski definition) is 1. The lowest BCUT2D eigenvalue weighted by atomic mass is 9.99. The highest BCUT2D eigenvalue weighted by atomic mass is 35.5. The number of aromatic nitrogens is 1. The molecule has 0 fully saturated rings. The second-order valence-electron chi connectivity index (χ2n) is 6.80. The summed E-state index contributed by atoms with van der Waals surface area (Å²) in [6.45, 7) is 4.36. The van der Waals surface area contributed by atoms with E-state index in [1.807, 2.05) is 56.3 Å². The number of pyridine rings is 1. The van der Waals surface area contributed by atoms with Crippen molar-refractivity contribution in [3.05, 3.63) is 88.3 Å². The van der Waals surface area contributed by atoms with Gasteiger partial charge in [0.15, 0.2) is 0 Å². The molecule has 0 aliphatic carbocycles. The van der Waals surface area contributed by atoms with E-state index in [1.165, 1.54) is 0 Å². The number of halogens is 1. The van der Waals surface area contributed by atoms with Crippen molar-refractivity contribution in [3.63, 3.8) is 0 Å². The van der Waals surface area contributed by atoms with Crippen LogP contribution in [0, 0.1) is 13.8 Å². The van der Waals surface area contributed by atoms with Crippen LogP contribution in [0.2, 0.25) is 5.02 Å². The van der Waals surface area contributed by atoms with Gasteiger partial charge in [-0.2, -0.15) is 0 Å². The minimum atomic E-state index is -0.163. The summed E-state index contributed by atoms with van der Waals surface area (Å²) in [6.07, 6.45) is 1.59. The van der Waals surface area contributed by atoms with Gasteiger partial charge in [0.05, 0.1) is 29.6 Å². The van der Waals surface area contributed by atoms with E-state index in [9.17, 15) is 4.79 Å². The summed E-state index contributed by atoms with van der Waals surface area (Å²) in [5.41, 5.74) is 5.18. The molecule has 0 aliphatic rings. The zero-order valence-corrected chi connectivity index (χ0v) is 16.4. The lowest BCUT2D eigenvalue weighted by Crippen LogP contribution is -2.23. The number of carbonyl (C=O) groups is 1. The first kappa shape index (κ1) is 18.3. The predicted molar refractivity (Wildman–Crippen MR) is 112 cm³/mol. The number of carbonyl (C=O) groups excluding carboxylic acids is 1. The fraction of sp³-hybridized carbons (Fsp3) is 0.130. The number of rotatable bonds is 4. The maximum atomic E-state index is 13.0. The molecule has 0 bridgehead atoms. The third kappa shape index (κ3) is 3.64. The van der Waals surface area contributed by atoms with Gasteiger partial charge in [-0.05, 0) is 55.8 Å². The molecule has 5 heteroatoms. The number of furan rings is 1. The third-order valence-corrected chi connectivity index (χ3v) is 4.89. The molecule has 1 amide bonds. The molecule has 2 heterocycles. The fourth-order valence-electron chi connectivity index (χ4n) is 3.31. The Morgan fingerprint density at radius 2 is 1.89 bits per heavy atom. The number of hydrogen-bond acceptors (Lipinski definition) is 3. The highest BCUT2D eigenvalue weighted by Crippen LogP contribution is 2.28. The van der Waals surface area contributed by atoms with Gasteiger partial charge in [-0.25, -0.2) is 4.98 Å². The number of nitrogens with zero attached hydrogens (tertiary/aromatic N) is 1. The van der Waals surface area contributed by atoms with Crippen molar-refractivity contribution < 1.29 is 9.21 Å². The summed E-state index contributed by atoms with van der Waals surface area (Å²) in [5.74, 6) is 0.543. The van der Waals surface area contributed by atoms with Gasteiger partial charge in [0.2, 0.25) is 0 Å². The van der Waals surface area contributed by atoms with E-state index in [-0.39, 0.29) is 5.91 Å². The third-order valence-electron chi connectivity index (χ3n) is 4.64. The molecule has 140 valence electrons. The molecule has 2 aromatic carbocycles. The van der Waals surface area contributed by atoms with Gasteiger partial charge in [-0.3, -0.25) is 4.79 Å². The van der Waals surface area contributed by atoms with E-state index in [0.29, 0.717) is 22.9 Å². The van der Waals surface area contributed by atoms with Gasteiger partial charge in [0.25, 0.3) is 5.91 Å². The van der Waals surface area contributed by atoms with E-state index in [2.05, 4.69) is 11.4 Å². The van der Waals surface area contributed by atoms with Crippen LogP contribution in [-0.2, 0) is 6.54 Å². The molecule has 0 saturated carbocycles. The molecule has 0 spiro atoms. The zero-order chi connectivity index (χ0) is 19.7. The van der Waals surface area contributed by atoms with Gasteiger partial charge in [-0.1, -0.05) is 35.4 Å². The quantitative estimate of drug-likeness (QED) is 0.486. The second kappa shape index (κ2) is 7.49. The molecule has 0 saturated heterocycles. The first-order valence-corrected chi connectivity index (χ1v) is 9.37. The Balaban J connectivity index is 1.82. The predicted octanol–water partition coefficient (Wildman–Crippen LogP) is 5.70. The first-order valence-electron chi connectivity index (χ1n) is 9.00. The number of aryl methyl sites for hydroxylation is 2. The fourth-order valence-corrected chi connectivity index (χ4v) is 3.44. The van der Waals surface area contributed by atoms with Crippen LogP contribution in [0.3, 0.4) is 0 Å². The van der Waals surface area contributed by atoms with Gasteiger partial charge >= 0.3 is 0 Å². The number of amides is 1. The average molecular weight is 391 g/mol. The normalized spacial score (nSPS) is 11.0. The van der Waals surface area contributed by atoms with Crippen molar-refractivity contribution in [2.45, 2.75) is 20.4 Å². The molecule has 28 heavy (non-hydrogen) atoms. The van der Waals surface area contributed by atoms with Crippen LogP contribution in [0.4, 0.5) is 0 Å².